The molecule has 2 aromatic carbocycles. The number of alkyl halides is 3. The fourth-order valence-corrected chi connectivity index (χ4v) is 3.55. The van der Waals surface area contributed by atoms with Crippen LogP contribution >= 0.6 is 0 Å². The average Bonchev–Trinajstić information content (AvgIpc) is 3.41. The fourth-order valence-electron chi connectivity index (χ4n) is 3.55. The van der Waals surface area contributed by atoms with E-state index in [1.54, 1.807) is 13.2 Å². The Kier molecular flexibility index (Phi) is 7.48. The van der Waals surface area contributed by atoms with Crippen molar-refractivity contribution in [1.29, 1.82) is 0 Å². The molecule has 2 unspecified atom stereocenters. The number of methoxy groups -OCH3 is 1. The molecular formula is C21H21F3MnN4O2. The van der Waals surface area contributed by atoms with Crippen LogP contribution in [0.2, 0.25) is 0 Å². The predicted molar refractivity (Wildman–Crippen MR) is 104 cm³/mol. The maximum Gasteiger partial charge on any atom is 2.00 e. The van der Waals surface area contributed by atoms with Crippen molar-refractivity contribution in [2.75, 3.05) is 26.8 Å². The molecule has 2 aliphatic rings. The van der Waals surface area contributed by atoms with Gasteiger partial charge in [0.05, 0.1) is 12.7 Å². The standard InChI is InChI=1S/C14H18NO2.C7H3F3N3.Mn/c1-16-13-6-7-15(9-13)12-8-11-4-2-3-5-14(11)17-10-12;8-7(9,10)13-11-5-3-1-2-4-6(5)12-13;/h2-5,8,12-13H,6-7,9-10H2,1H3;1-3H;/q2*-1;+2. The van der Waals surface area contributed by atoms with Crippen LogP contribution in [0.25, 0.3) is 11.0 Å². The quantitative estimate of drug-likeness (QED) is 0.422. The van der Waals surface area contributed by atoms with Gasteiger partial charge < -0.3 is 14.4 Å². The summed E-state index contributed by atoms with van der Waals surface area (Å²) in [5, 5.41) is 6.44. The Labute approximate surface area is 188 Å². The van der Waals surface area contributed by atoms with Gasteiger partial charge >= 0.3 is 23.4 Å². The Hall–Kier alpha value is -2.26. The number of hydrogen-bond acceptors (Lipinski definition) is 5. The maximum absolute atomic E-state index is 12.1. The smallest absolute Gasteiger partial charge is 0.550 e. The molecule has 31 heavy (non-hydrogen) atoms. The molecule has 0 amide bonds. The van der Waals surface area contributed by atoms with E-state index >= 15 is 0 Å². The van der Waals surface area contributed by atoms with Gasteiger partial charge in [-0.3, -0.25) is 0 Å². The number of ether oxygens (including phenoxy) is 2. The minimum absolute atomic E-state index is 0. The summed E-state index contributed by atoms with van der Waals surface area (Å²) in [7, 11) is 1.80. The second-order valence-electron chi connectivity index (χ2n) is 7.09. The molecule has 10 heteroatoms. The Bertz CT molecular complexity index is 965. The average molecular weight is 473 g/mol. The third-order valence-corrected chi connectivity index (χ3v) is 5.12. The van der Waals surface area contributed by atoms with Gasteiger partial charge in [0.15, 0.2) is 0 Å². The normalized spacial score (nSPS) is 20.6. The van der Waals surface area contributed by atoms with E-state index in [1.165, 1.54) is 17.7 Å². The first-order valence-corrected chi connectivity index (χ1v) is 9.58. The van der Waals surface area contributed by atoms with Crippen molar-refractivity contribution in [3.05, 3.63) is 60.5 Å². The molecular weight excluding hydrogens is 452 g/mol. The number of para-hydroxylation sites is 1. The predicted octanol–water partition coefficient (Wildman–Crippen LogP) is 3.43. The molecule has 6 nitrogen and oxygen atoms in total. The Morgan fingerprint density at radius 1 is 1.19 bits per heavy atom. The van der Waals surface area contributed by atoms with Gasteiger partial charge in [0, 0.05) is 37.5 Å². The van der Waals surface area contributed by atoms with Crippen LogP contribution in [0.3, 0.4) is 0 Å². The van der Waals surface area contributed by atoms with Crippen LogP contribution < -0.4 is 4.74 Å². The van der Waals surface area contributed by atoms with Crippen molar-refractivity contribution < 1.29 is 39.7 Å². The van der Waals surface area contributed by atoms with Crippen LogP contribution in [0.4, 0.5) is 13.2 Å². The van der Waals surface area contributed by atoms with Crippen LogP contribution in [0, 0.1) is 12.5 Å². The number of likely N-dealkylation sites (tertiary alicyclic amines) is 1. The van der Waals surface area contributed by atoms with Crippen molar-refractivity contribution in [2.45, 2.75) is 24.9 Å². The van der Waals surface area contributed by atoms with E-state index in [4.69, 9.17) is 9.47 Å². The van der Waals surface area contributed by atoms with E-state index in [-0.39, 0.29) is 32.9 Å². The van der Waals surface area contributed by atoms with Gasteiger partial charge in [-0.1, -0.05) is 16.9 Å². The van der Waals surface area contributed by atoms with E-state index < -0.39 is 6.30 Å². The van der Waals surface area contributed by atoms with Crippen molar-refractivity contribution >= 4 is 11.0 Å². The van der Waals surface area contributed by atoms with Gasteiger partial charge in [0.25, 0.3) is 0 Å². The number of rotatable bonds is 2. The minimum atomic E-state index is -4.56. The topological polar surface area (TPSA) is 52.4 Å². The van der Waals surface area contributed by atoms with E-state index in [2.05, 4.69) is 39.7 Å². The summed E-state index contributed by atoms with van der Waals surface area (Å²) in [6.45, 7) is 2.88. The van der Waals surface area contributed by atoms with Crippen molar-refractivity contribution in [2.24, 2.45) is 0 Å². The first kappa shape index (κ1) is 23.4. The summed E-state index contributed by atoms with van der Waals surface area (Å²) < 4.78 is 47.4. The number of fused-ring (bicyclic) bond motifs is 2. The van der Waals surface area contributed by atoms with E-state index in [0.717, 1.165) is 31.9 Å². The van der Waals surface area contributed by atoms with E-state index in [1.807, 2.05) is 12.1 Å². The van der Waals surface area contributed by atoms with Crippen molar-refractivity contribution in [3.8, 4) is 5.75 Å². The first-order chi connectivity index (χ1) is 14.4. The Balaban J connectivity index is 0.000000176. The maximum atomic E-state index is 12.1. The zero-order valence-electron chi connectivity index (χ0n) is 16.7. The molecule has 2 aliphatic heterocycles. The number of hydrogen-bond donors (Lipinski definition) is 0. The van der Waals surface area contributed by atoms with Crippen molar-refractivity contribution in [1.82, 2.24) is 19.9 Å². The molecule has 3 heterocycles. The zero-order chi connectivity index (χ0) is 21.1. The number of nitrogens with zero attached hydrogens (tertiary/aromatic N) is 4. The second kappa shape index (κ2) is 9.91. The molecule has 165 valence electrons. The molecule has 0 saturated carbocycles. The van der Waals surface area contributed by atoms with Gasteiger partial charge in [0.2, 0.25) is 0 Å². The fraction of sp³-hybridized carbons (Fsp3) is 0.381. The summed E-state index contributed by atoms with van der Waals surface area (Å²) in [5.74, 6) is 1.01. The third-order valence-electron chi connectivity index (χ3n) is 5.12. The summed E-state index contributed by atoms with van der Waals surface area (Å²) in [5.41, 5.74) is 1.50. The zero-order valence-corrected chi connectivity index (χ0v) is 17.9. The summed E-state index contributed by atoms with van der Waals surface area (Å²) in [4.78, 5) is 2.18. The Morgan fingerprint density at radius 3 is 2.71 bits per heavy atom. The second-order valence-corrected chi connectivity index (χ2v) is 7.09. The summed E-state index contributed by atoms with van der Waals surface area (Å²) in [6.07, 6.45) is -0.729. The molecule has 1 radical (unpaired) electrons. The van der Waals surface area contributed by atoms with E-state index in [0.29, 0.717) is 12.1 Å². The van der Waals surface area contributed by atoms with Gasteiger partial charge in [-0.2, -0.15) is 35.8 Å². The van der Waals surface area contributed by atoms with Crippen LogP contribution in [0.1, 0.15) is 12.0 Å². The molecule has 1 saturated heterocycles. The van der Waals surface area contributed by atoms with Crippen LogP contribution in [0.5, 0.6) is 5.75 Å². The summed E-state index contributed by atoms with van der Waals surface area (Å²) >= 11 is 0. The number of halogens is 3. The molecule has 5 rings (SSSR count). The third kappa shape index (κ3) is 5.51. The molecule has 2 atom stereocenters. The van der Waals surface area contributed by atoms with Gasteiger partial charge in [-0.25, -0.2) is 5.10 Å². The molecule has 1 aromatic heterocycles. The SMILES string of the molecule is COC1CCN(C2[CH-]c3ccccc3OC2)C1.FC(F)(F)n1nc2[c-]cccc2n1.[Mn+2]. The first-order valence-electron chi connectivity index (χ1n) is 9.58. The largest absolute Gasteiger partial charge is 2.00 e. The van der Waals surface area contributed by atoms with Crippen molar-refractivity contribution in [3.63, 3.8) is 0 Å². The summed E-state index contributed by atoms with van der Waals surface area (Å²) in [6, 6.07) is 15.6. The van der Waals surface area contributed by atoms with Crippen LogP contribution in [-0.2, 0) is 28.1 Å². The van der Waals surface area contributed by atoms with Gasteiger partial charge in [-0.05, 0) is 11.9 Å². The molecule has 0 N–H and O–H groups in total. The van der Waals surface area contributed by atoms with Gasteiger partial charge in [-0.15, -0.1) is 30.9 Å². The molecule has 1 fully saturated rings. The molecule has 0 spiro atoms. The van der Waals surface area contributed by atoms with E-state index in [9.17, 15) is 13.2 Å². The molecule has 0 aliphatic carbocycles. The Morgan fingerprint density at radius 2 is 2.00 bits per heavy atom. The van der Waals surface area contributed by atoms with Gasteiger partial charge in [0.1, 0.15) is 0 Å². The van der Waals surface area contributed by atoms with Crippen LogP contribution in [-0.4, -0.2) is 58.8 Å². The monoisotopic (exact) mass is 473 g/mol. The molecule has 0 bridgehead atoms. The van der Waals surface area contributed by atoms with Crippen LogP contribution in [0.15, 0.2) is 42.5 Å². The number of aromatic nitrogens is 3. The number of benzene rings is 2. The molecule has 3 aromatic rings. The minimum Gasteiger partial charge on any atom is -0.550 e.